The molecule has 0 fully saturated rings. The Labute approximate surface area is 74.9 Å². The Bertz CT molecular complexity index is 216. The SMILES string of the molecule is CC1(C)/C=C\C=C/C(C)(C)/N=C\1. The minimum absolute atomic E-state index is 0.0535. The highest BCUT2D eigenvalue weighted by atomic mass is 14.8. The van der Waals surface area contributed by atoms with Crippen LogP contribution in [0.25, 0.3) is 0 Å². The van der Waals surface area contributed by atoms with Crippen LogP contribution in [0.15, 0.2) is 29.3 Å². The Morgan fingerprint density at radius 3 is 2.17 bits per heavy atom. The molecule has 0 bridgehead atoms. The summed E-state index contributed by atoms with van der Waals surface area (Å²) < 4.78 is 0. The molecule has 1 aliphatic rings. The third-order valence-electron chi connectivity index (χ3n) is 1.87. The molecule has 0 amide bonds. The van der Waals surface area contributed by atoms with E-state index in [1.165, 1.54) is 0 Å². The highest BCUT2D eigenvalue weighted by Gasteiger charge is 2.16. The molecule has 1 rings (SSSR count). The van der Waals surface area contributed by atoms with Crippen LogP contribution < -0.4 is 0 Å². The predicted octanol–water partition coefficient (Wildman–Crippen LogP) is 2.99. The maximum atomic E-state index is 4.51. The van der Waals surface area contributed by atoms with Crippen molar-refractivity contribution >= 4 is 6.21 Å². The Hall–Kier alpha value is -0.850. The first-order valence-electron chi connectivity index (χ1n) is 4.35. The Balaban J connectivity index is 2.97. The fourth-order valence-electron chi connectivity index (χ4n) is 1.01. The summed E-state index contributed by atoms with van der Waals surface area (Å²) in [5.74, 6) is 0. The average molecular weight is 163 g/mol. The van der Waals surface area contributed by atoms with Gasteiger partial charge in [-0.15, -0.1) is 0 Å². The largest absolute Gasteiger partial charge is 0.286 e. The van der Waals surface area contributed by atoms with E-state index in [1.807, 2.05) is 6.21 Å². The van der Waals surface area contributed by atoms with E-state index in [9.17, 15) is 0 Å². The van der Waals surface area contributed by atoms with Gasteiger partial charge >= 0.3 is 0 Å². The monoisotopic (exact) mass is 163 g/mol. The Kier molecular flexibility index (Phi) is 2.22. The van der Waals surface area contributed by atoms with Crippen LogP contribution in [-0.4, -0.2) is 11.8 Å². The van der Waals surface area contributed by atoms with Crippen molar-refractivity contribution in [3.63, 3.8) is 0 Å². The van der Waals surface area contributed by atoms with Crippen LogP contribution in [0.5, 0.6) is 0 Å². The molecule has 1 heterocycles. The molecule has 0 aliphatic carbocycles. The highest BCUT2D eigenvalue weighted by Crippen LogP contribution is 2.20. The molecule has 1 heteroatoms. The van der Waals surface area contributed by atoms with Crippen molar-refractivity contribution < 1.29 is 0 Å². The first kappa shape index (κ1) is 9.24. The normalized spacial score (nSPS) is 33.0. The second kappa shape index (κ2) is 2.89. The van der Waals surface area contributed by atoms with Gasteiger partial charge in [-0.05, 0) is 13.8 Å². The second-order valence-electron chi connectivity index (χ2n) is 4.45. The van der Waals surface area contributed by atoms with E-state index < -0.39 is 0 Å². The molecule has 1 nitrogen and oxygen atoms in total. The number of rotatable bonds is 0. The van der Waals surface area contributed by atoms with Gasteiger partial charge in [0, 0.05) is 11.6 Å². The van der Waals surface area contributed by atoms with E-state index in [0.717, 1.165) is 0 Å². The van der Waals surface area contributed by atoms with Crippen molar-refractivity contribution in [3.05, 3.63) is 24.3 Å². The maximum absolute atomic E-state index is 4.51. The third kappa shape index (κ3) is 2.65. The van der Waals surface area contributed by atoms with Gasteiger partial charge in [0.1, 0.15) is 0 Å². The summed E-state index contributed by atoms with van der Waals surface area (Å²) in [6.45, 7) is 8.52. The fourth-order valence-corrected chi connectivity index (χ4v) is 1.01. The lowest BCUT2D eigenvalue weighted by molar-refractivity contribution is 0.623. The molecule has 0 unspecified atom stereocenters. The Morgan fingerprint density at radius 2 is 1.50 bits per heavy atom. The lowest BCUT2D eigenvalue weighted by Gasteiger charge is -2.20. The first-order chi connectivity index (χ1) is 5.41. The van der Waals surface area contributed by atoms with Crippen molar-refractivity contribution in [2.45, 2.75) is 33.2 Å². The predicted molar refractivity (Wildman–Crippen MR) is 54.6 cm³/mol. The van der Waals surface area contributed by atoms with Crippen LogP contribution in [0.1, 0.15) is 27.7 Å². The van der Waals surface area contributed by atoms with Crippen LogP contribution in [-0.2, 0) is 0 Å². The van der Waals surface area contributed by atoms with Gasteiger partial charge in [0.2, 0.25) is 0 Å². The van der Waals surface area contributed by atoms with Crippen molar-refractivity contribution in [2.75, 3.05) is 0 Å². The van der Waals surface area contributed by atoms with Crippen molar-refractivity contribution in [1.82, 2.24) is 0 Å². The van der Waals surface area contributed by atoms with Crippen LogP contribution in [0.3, 0.4) is 0 Å². The molecule has 0 N–H and O–H groups in total. The second-order valence-corrected chi connectivity index (χ2v) is 4.45. The molecule has 0 atom stereocenters. The van der Waals surface area contributed by atoms with Gasteiger partial charge in [0.05, 0.1) is 5.54 Å². The van der Waals surface area contributed by atoms with E-state index in [0.29, 0.717) is 0 Å². The third-order valence-corrected chi connectivity index (χ3v) is 1.87. The molecular weight excluding hydrogens is 146 g/mol. The quantitative estimate of drug-likeness (QED) is 0.520. The Morgan fingerprint density at radius 1 is 0.917 bits per heavy atom. The fraction of sp³-hybridized carbons (Fsp3) is 0.545. The van der Waals surface area contributed by atoms with Gasteiger partial charge in [-0.25, -0.2) is 0 Å². The zero-order valence-corrected chi connectivity index (χ0v) is 8.33. The molecule has 0 spiro atoms. The standard InChI is InChI=1S/C11H17N/c1-10(2)7-5-6-8-11(3,4)12-9-10/h5-9H,1-4H3/b7-5-,8-6-,12-9-. The van der Waals surface area contributed by atoms with Gasteiger partial charge in [0.25, 0.3) is 0 Å². The summed E-state index contributed by atoms with van der Waals surface area (Å²) in [5, 5.41) is 0. The lowest BCUT2D eigenvalue weighted by atomic mass is 9.92. The summed E-state index contributed by atoms with van der Waals surface area (Å²) in [6.07, 6.45) is 10.4. The number of allylic oxidation sites excluding steroid dienone is 3. The molecule has 0 aromatic heterocycles. The summed E-state index contributed by atoms with van der Waals surface area (Å²) in [5.41, 5.74) is 0.0318. The average Bonchev–Trinajstić information content (AvgIpc) is 1.94. The molecule has 66 valence electrons. The van der Waals surface area contributed by atoms with E-state index in [1.54, 1.807) is 0 Å². The van der Waals surface area contributed by atoms with E-state index in [2.05, 4.69) is 57.0 Å². The van der Waals surface area contributed by atoms with Gasteiger partial charge in [-0.1, -0.05) is 38.2 Å². The maximum Gasteiger partial charge on any atom is 0.0731 e. The molecule has 0 aromatic rings. The number of nitrogens with zero attached hydrogens (tertiary/aromatic N) is 1. The van der Waals surface area contributed by atoms with E-state index in [4.69, 9.17) is 0 Å². The summed E-state index contributed by atoms with van der Waals surface area (Å²) in [4.78, 5) is 4.51. The minimum Gasteiger partial charge on any atom is -0.286 e. The molecule has 1 aliphatic heterocycles. The molecule has 12 heavy (non-hydrogen) atoms. The van der Waals surface area contributed by atoms with Gasteiger partial charge in [-0.2, -0.15) is 0 Å². The van der Waals surface area contributed by atoms with Crippen LogP contribution in [0.2, 0.25) is 0 Å². The zero-order valence-electron chi connectivity index (χ0n) is 8.33. The van der Waals surface area contributed by atoms with E-state index >= 15 is 0 Å². The van der Waals surface area contributed by atoms with Crippen molar-refractivity contribution in [1.29, 1.82) is 0 Å². The van der Waals surface area contributed by atoms with Gasteiger partial charge < -0.3 is 0 Å². The summed E-state index contributed by atoms with van der Waals surface area (Å²) in [6, 6.07) is 0. The van der Waals surface area contributed by atoms with Crippen LogP contribution in [0, 0.1) is 5.41 Å². The number of aliphatic imine (C=N–C) groups is 1. The number of hydrogen-bond donors (Lipinski definition) is 0. The van der Waals surface area contributed by atoms with Crippen LogP contribution in [0.4, 0.5) is 0 Å². The first-order valence-corrected chi connectivity index (χ1v) is 4.35. The smallest absolute Gasteiger partial charge is 0.0731 e. The summed E-state index contributed by atoms with van der Waals surface area (Å²) in [7, 11) is 0. The minimum atomic E-state index is -0.0535. The van der Waals surface area contributed by atoms with Gasteiger partial charge in [0.15, 0.2) is 0 Å². The van der Waals surface area contributed by atoms with Crippen LogP contribution >= 0.6 is 0 Å². The molecule has 0 radical (unpaired) electrons. The molecule has 0 saturated heterocycles. The highest BCUT2D eigenvalue weighted by molar-refractivity contribution is 5.68. The summed E-state index contributed by atoms with van der Waals surface area (Å²) >= 11 is 0. The van der Waals surface area contributed by atoms with Crippen molar-refractivity contribution in [2.24, 2.45) is 10.4 Å². The molecular formula is C11H17N. The number of hydrogen-bond acceptors (Lipinski definition) is 1. The molecule has 0 aromatic carbocycles. The zero-order chi connectivity index (χ0) is 9.24. The molecule has 0 saturated carbocycles. The van der Waals surface area contributed by atoms with E-state index in [-0.39, 0.29) is 11.0 Å². The topological polar surface area (TPSA) is 12.4 Å². The van der Waals surface area contributed by atoms with Gasteiger partial charge in [-0.3, -0.25) is 4.99 Å². The lowest BCUT2D eigenvalue weighted by Crippen LogP contribution is -2.18. The van der Waals surface area contributed by atoms with Crippen molar-refractivity contribution in [3.8, 4) is 0 Å².